The van der Waals surface area contributed by atoms with Crippen molar-refractivity contribution in [2.24, 2.45) is 0 Å². The molecule has 0 bridgehead atoms. The van der Waals surface area contributed by atoms with Crippen molar-refractivity contribution >= 4 is 6.41 Å². The van der Waals surface area contributed by atoms with Crippen LogP contribution in [0.25, 0.3) is 0 Å². The van der Waals surface area contributed by atoms with Gasteiger partial charge in [0.1, 0.15) is 0 Å². The lowest BCUT2D eigenvalue weighted by atomic mass is 10.5. The first-order chi connectivity index (χ1) is 5.24. The van der Waals surface area contributed by atoms with Crippen LogP contribution in [0.5, 0.6) is 0 Å². The van der Waals surface area contributed by atoms with E-state index in [1.165, 1.54) is 12.8 Å². The first-order valence-electron chi connectivity index (χ1n) is 4.10. The van der Waals surface area contributed by atoms with E-state index in [2.05, 4.69) is 4.90 Å². The van der Waals surface area contributed by atoms with Crippen molar-refractivity contribution in [2.75, 3.05) is 27.2 Å². The fourth-order valence-electron chi connectivity index (χ4n) is 1.04. The molecule has 0 spiro atoms. The zero-order valence-corrected chi connectivity index (χ0v) is 7.29. The van der Waals surface area contributed by atoms with Crippen LogP contribution in [-0.4, -0.2) is 49.4 Å². The summed E-state index contributed by atoms with van der Waals surface area (Å²) < 4.78 is 0. The summed E-state index contributed by atoms with van der Waals surface area (Å²) in [6.45, 7) is 1.84. The van der Waals surface area contributed by atoms with Crippen LogP contribution >= 0.6 is 0 Å². The molecule has 0 radical (unpaired) electrons. The van der Waals surface area contributed by atoms with Crippen LogP contribution in [0, 0.1) is 0 Å². The predicted octanol–water partition coefficient (Wildman–Crippen LogP) is 0.169. The molecule has 0 unspecified atom stereocenters. The van der Waals surface area contributed by atoms with Gasteiger partial charge in [0.15, 0.2) is 0 Å². The van der Waals surface area contributed by atoms with Crippen LogP contribution < -0.4 is 0 Å². The zero-order valence-electron chi connectivity index (χ0n) is 7.29. The molecule has 1 aliphatic carbocycles. The van der Waals surface area contributed by atoms with Crippen molar-refractivity contribution in [3.05, 3.63) is 0 Å². The molecule has 1 aliphatic rings. The molecule has 1 fully saturated rings. The van der Waals surface area contributed by atoms with E-state index in [9.17, 15) is 4.79 Å². The van der Waals surface area contributed by atoms with Gasteiger partial charge in [0.2, 0.25) is 6.41 Å². The largest absolute Gasteiger partial charge is 0.341 e. The second-order valence-corrected chi connectivity index (χ2v) is 3.38. The lowest BCUT2D eigenvalue weighted by Crippen LogP contribution is -2.32. The number of carbonyl (C=O) groups excluding carboxylic acids is 1. The molecule has 0 aliphatic heterocycles. The SMILES string of the molecule is CN(C)CCN(C=O)C1CC1. The Morgan fingerprint density at radius 3 is 2.36 bits per heavy atom. The average molecular weight is 156 g/mol. The van der Waals surface area contributed by atoms with E-state index < -0.39 is 0 Å². The minimum absolute atomic E-state index is 0.562. The van der Waals surface area contributed by atoms with Crippen LogP contribution in [0.2, 0.25) is 0 Å². The quantitative estimate of drug-likeness (QED) is 0.530. The van der Waals surface area contributed by atoms with Crippen molar-refractivity contribution in [3.8, 4) is 0 Å². The second kappa shape index (κ2) is 3.72. The van der Waals surface area contributed by atoms with Gasteiger partial charge in [-0.05, 0) is 26.9 Å². The van der Waals surface area contributed by atoms with E-state index in [0.717, 1.165) is 19.5 Å². The number of nitrogens with zero attached hydrogens (tertiary/aromatic N) is 2. The molecule has 1 rings (SSSR count). The van der Waals surface area contributed by atoms with Gasteiger partial charge in [-0.3, -0.25) is 4.79 Å². The third-order valence-corrected chi connectivity index (χ3v) is 1.96. The van der Waals surface area contributed by atoms with Crippen molar-refractivity contribution < 1.29 is 4.79 Å². The fraction of sp³-hybridized carbons (Fsp3) is 0.875. The highest BCUT2D eigenvalue weighted by Gasteiger charge is 2.27. The summed E-state index contributed by atoms with van der Waals surface area (Å²) in [5.41, 5.74) is 0. The van der Waals surface area contributed by atoms with Crippen LogP contribution in [0.15, 0.2) is 0 Å². The van der Waals surface area contributed by atoms with Crippen molar-refractivity contribution in [3.63, 3.8) is 0 Å². The van der Waals surface area contributed by atoms with E-state index in [0.29, 0.717) is 6.04 Å². The Morgan fingerprint density at radius 1 is 1.36 bits per heavy atom. The Bertz CT molecular complexity index is 132. The maximum Gasteiger partial charge on any atom is 0.209 e. The summed E-state index contributed by atoms with van der Waals surface area (Å²) in [4.78, 5) is 14.5. The summed E-state index contributed by atoms with van der Waals surface area (Å²) in [6, 6.07) is 0.562. The average Bonchev–Trinajstić information content (AvgIpc) is 2.72. The fourth-order valence-corrected chi connectivity index (χ4v) is 1.04. The van der Waals surface area contributed by atoms with Crippen molar-refractivity contribution in [1.29, 1.82) is 0 Å². The maximum atomic E-state index is 10.5. The van der Waals surface area contributed by atoms with Gasteiger partial charge in [-0.1, -0.05) is 0 Å². The summed E-state index contributed by atoms with van der Waals surface area (Å²) in [6.07, 6.45) is 3.37. The van der Waals surface area contributed by atoms with Gasteiger partial charge in [0.05, 0.1) is 0 Å². The molecule has 3 nitrogen and oxygen atoms in total. The van der Waals surface area contributed by atoms with E-state index in [1.54, 1.807) is 0 Å². The van der Waals surface area contributed by atoms with Crippen LogP contribution in [0.4, 0.5) is 0 Å². The maximum absolute atomic E-state index is 10.5. The molecule has 0 atom stereocenters. The van der Waals surface area contributed by atoms with Gasteiger partial charge in [-0.25, -0.2) is 0 Å². The smallest absolute Gasteiger partial charge is 0.209 e. The Labute approximate surface area is 68.0 Å². The molecule has 0 aromatic heterocycles. The van der Waals surface area contributed by atoms with E-state index in [1.807, 2.05) is 19.0 Å². The Kier molecular flexibility index (Phi) is 2.88. The summed E-state index contributed by atoms with van der Waals surface area (Å²) in [5.74, 6) is 0. The number of rotatable bonds is 5. The Morgan fingerprint density at radius 2 is 2.00 bits per heavy atom. The van der Waals surface area contributed by atoms with Gasteiger partial charge in [-0.2, -0.15) is 0 Å². The molecule has 0 aromatic carbocycles. The molecule has 1 saturated carbocycles. The third-order valence-electron chi connectivity index (χ3n) is 1.96. The van der Waals surface area contributed by atoms with Gasteiger partial charge >= 0.3 is 0 Å². The van der Waals surface area contributed by atoms with Crippen molar-refractivity contribution in [1.82, 2.24) is 9.80 Å². The molecule has 0 heterocycles. The predicted molar refractivity (Wildman–Crippen MR) is 44.3 cm³/mol. The Hall–Kier alpha value is -0.570. The minimum Gasteiger partial charge on any atom is -0.341 e. The molecule has 0 aromatic rings. The standard InChI is InChI=1S/C8H16N2O/c1-9(2)5-6-10(7-11)8-3-4-8/h7-8H,3-6H2,1-2H3. The second-order valence-electron chi connectivity index (χ2n) is 3.38. The number of hydrogen-bond donors (Lipinski definition) is 0. The normalized spacial score (nSPS) is 17.0. The minimum atomic E-state index is 0.562. The van der Waals surface area contributed by atoms with E-state index in [-0.39, 0.29) is 0 Å². The molecule has 64 valence electrons. The van der Waals surface area contributed by atoms with Crippen LogP contribution in [-0.2, 0) is 4.79 Å². The molecule has 0 saturated heterocycles. The highest BCUT2D eigenvalue weighted by atomic mass is 16.1. The van der Waals surface area contributed by atoms with Gasteiger partial charge < -0.3 is 9.80 Å². The molecular weight excluding hydrogens is 140 g/mol. The third kappa shape index (κ3) is 2.89. The first-order valence-corrected chi connectivity index (χ1v) is 4.10. The summed E-state index contributed by atoms with van der Waals surface area (Å²) in [5, 5.41) is 0. The van der Waals surface area contributed by atoms with Crippen molar-refractivity contribution in [2.45, 2.75) is 18.9 Å². The number of likely N-dealkylation sites (N-methyl/N-ethyl adjacent to an activating group) is 1. The summed E-state index contributed by atoms with van der Waals surface area (Å²) >= 11 is 0. The molecule has 1 amide bonds. The number of amides is 1. The van der Waals surface area contributed by atoms with E-state index in [4.69, 9.17) is 0 Å². The highest BCUT2D eigenvalue weighted by molar-refractivity contribution is 5.48. The monoisotopic (exact) mass is 156 g/mol. The zero-order chi connectivity index (χ0) is 8.27. The van der Waals surface area contributed by atoms with Gasteiger partial charge in [-0.15, -0.1) is 0 Å². The Balaban J connectivity index is 2.15. The lowest BCUT2D eigenvalue weighted by molar-refractivity contribution is -0.118. The van der Waals surface area contributed by atoms with Crippen LogP contribution in [0.3, 0.4) is 0 Å². The number of carbonyl (C=O) groups is 1. The number of hydrogen-bond acceptors (Lipinski definition) is 2. The van der Waals surface area contributed by atoms with E-state index >= 15 is 0 Å². The molecular formula is C8H16N2O. The lowest BCUT2D eigenvalue weighted by Gasteiger charge is -2.18. The molecule has 0 N–H and O–H groups in total. The topological polar surface area (TPSA) is 23.6 Å². The summed E-state index contributed by atoms with van der Waals surface area (Å²) in [7, 11) is 4.05. The van der Waals surface area contributed by atoms with Gasteiger partial charge in [0, 0.05) is 19.1 Å². The molecule has 3 heteroatoms. The first kappa shape index (κ1) is 8.53. The van der Waals surface area contributed by atoms with Crippen LogP contribution in [0.1, 0.15) is 12.8 Å². The van der Waals surface area contributed by atoms with Gasteiger partial charge in [0.25, 0.3) is 0 Å². The highest BCUT2D eigenvalue weighted by Crippen LogP contribution is 2.24. The molecule has 11 heavy (non-hydrogen) atoms.